The number of benzene rings is 2. The first-order valence-electron chi connectivity index (χ1n) is 9.26. The van der Waals surface area contributed by atoms with E-state index in [1.807, 2.05) is 0 Å². The number of ether oxygens (including phenoxy) is 1. The van der Waals surface area contributed by atoms with Crippen LogP contribution in [0.5, 0.6) is 0 Å². The molecule has 2 N–H and O–H groups in total. The highest BCUT2D eigenvalue weighted by molar-refractivity contribution is 6.34. The molecule has 10 heteroatoms. The second-order valence-corrected chi connectivity index (χ2v) is 7.15. The number of aliphatic hydroxyl groups excluding tert-OH is 2. The number of nitrogens with zero attached hydrogens (tertiary/aromatic N) is 3. The van der Waals surface area contributed by atoms with E-state index in [0.717, 1.165) is 15.4 Å². The Morgan fingerprint density at radius 3 is 2.55 bits per heavy atom. The van der Waals surface area contributed by atoms with E-state index in [4.69, 9.17) is 16.3 Å². The highest BCUT2D eigenvalue weighted by Crippen LogP contribution is 2.25. The van der Waals surface area contributed by atoms with E-state index in [2.05, 4.69) is 5.10 Å². The number of rotatable bonds is 8. The molecule has 9 nitrogen and oxygen atoms in total. The number of methoxy groups -OCH3 is 1. The minimum atomic E-state index is -1.45. The van der Waals surface area contributed by atoms with Gasteiger partial charge in [0.25, 0.3) is 5.56 Å². The fourth-order valence-corrected chi connectivity index (χ4v) is 3.21. The van der Waals surface area contributed by atoms with Gasteiger partial charge in [0.05, 0.1) is 30.0 Å². The zero-order chi connectivity index (χ0) is 22.5. The lowest BCUT2D eigenvalue weighted by Crippen LogP contribution is -2.43. The average molecular weight is 446 g/mol. The Bertz CT molecular complexity index is 1190. The van der Waals surface area contributed by atoms with Crippen LogP contribution in [0.2, 0.25) is 5.02 Å². The zero-order valence-electron chi connectivity index (χ0n) is 16.5. The van der Waals surface area contributed by atoms with Crippen molar-refractivity contribution >= 4 is 17.4 Å². The Morgan fingerprint density at radius 2 is 1.87 bits per heavy atom. The van der Waals surface area contributed by atoms with Crippen molar-refractivity contribution in [3.05, 3.63) is 91.7 Å². The van der Waals surface area contributed by atoms with Crippen LogP contribution in [0.15, 0.2) is 64.3 Å². The molecule has 162 valence electrons. The number of Topliss-reactive ketones (excluding diaryl/α,β-unsaturated/α-hetero) is 1. The summed E-state index contributed by atoms with van der Waals surface area (Å²) in [6.45, 7) is -0.356. The van der Waals surface area contributed by atoms with E-state index in [1.54, 1.807) is 30.3 Å². The first kappa shape index (κ1) is 22.6. The lowest BCUT2D eigenvalue weighted by molar-refractivity contribution is 0.0519. The molecule has 1 heterocycles. The molecule has 0 unspecified atom stereocenters. The summed E-state index contributed by atoms with van der Waals surface area (Å²) < 4.78 is 6.54. The Labute approximate surface area is 181 Å². The first-order valence-corrected chi connectivity index (χ1v) is 9.64. The van der Waals surface area contributed by atoms with Crippen LogP contribution in [0.1, 0.15) is 22.0 Å². The summed E-state index contributed by atoms with van der Waals surface area (Å²) in [6.07, 6.45) is -1.60. The topological polar surface area (TPSA) is 124 Å². The Hall–Kier alpha value is -3.11. The smallest absolute Gasteiger partial charge is 0.352 e. The van der Waals surface area contributed by atoms with Crippen molar-refractivity contribution in [2.75, 3.05) is 13.7 Å². The van der Waals surface area contributed by atoms with Crippen molar-refractivity contribution in [2.45, 2.75) is 18.8 Å². The van der Waals surface area contributed by atoms with Gasteiger partial charge in [-0.05, 0) is 23.8 Å². The third kappa shape index (κ3) is 4.97. The molecule has 0 amide bonds. The van der Waals surface area contributed by atoms with Crippen LogP contribution < -0.4 is 11.2 Å². The van der Waals surface area contributed by atoms with Crippen molar-refractivity contribution in [3.63, 3.8) is 0 Å². The lowest BCUT2D eigenvalue weighted by atomic mass is 9.99. The molecule has 31 heavy (non-hydrogen) atoms. The van der Waals surface area contributed by atoms with Crippen LogP contribution in [-0.2, 0) is 11.3 Å². The maximum atomic E-state index is 12.8. The van der Waals surface area contributed by atoms with Crippen molar-refractivity contribution in [3.8, 4) is 5.69 Å². The summed E-state index contributed by atoms with van der Waals surface area (Å²) in [4.78, 5) is 37.7. The number of halogens is 1. The maximum absolute atomic E-state index is 12.8. The third-order valence-corrected chi connectivity index (χ3v) is 4.87. The van der Waals surface area contributed by atoms with Crippen molar-refractivity contribution in [1.29, 1.82) is 0 Å². The molecule has 0 saturated heterocycles. The standard InChI is InChI=1S/C21H20ClN3O6/c1-31-12-15(26)11-24-18(27)10-23-25(21(24)30)14-7-8-17(22)16(9-14)20(29)19(28)13-5-3-2-4-6-13/h2-10,15,19,26,28H,11-12H2,1H3/t15-,19+/m1/s1. The Balaban J connectivity index is 2.01. The second kappa shape index (κ2) is 9.80. The van der Waals surface area contributed by atoms with Gasteiger partial charge in [0.15, 0.2) is 5.78 Å². The monoisotopic (exact) mass is 445 g/mol. The van der Waals surface area contributed by atoms with E-state index in [-0.39, 0.29) is 29.4 Å². The molecule has 0 aliphatic carbocycles. The first-order chi connectivity index (χ1) is 14.8. The number of carbonyl (C=O) groups excluding carboxylic acids is 1. The van der Waals surface area contributed by atoms with Crippen molar-refractivity contribution in [2.24, 2.45) is 0 Å². The molecule has 0 radical (unpaired) electrons. The molecule has 0 fully saturated rings. The maximum Gasteiger partial charge on any atom is 0.352 e. The van der Waals surface area contributed by atoms with Gasteiger partial charge in [-0.15, -0.1) is 0 Å². The fourth-order valence-electron chi connectivity index (χ4n) is 3.00. The fraction of sp³-hybridized carbons (Fsp3) is 0.238. The molecule has 3 rings (SSSR count). The van der Waals surface area contributed by atoms with Gasteiger partial charge in [-0.25, -0.2) is 4.79 Å². The van der Waals surface area contributed by atoms with Crippen LogP contribution in [0.4, 0.5) is 0 Å². The summed E-state index contributed by atoms with van der Waals surface area (Å²) in [5.41, 5.74) is -0.965. The van der Waals surface area contributed by atoms with Crippen LogP contribution >= 0.6 is 11.6 Å². The largest absolute Gasteiger partial charge is 0.389 e. The Kier molecular flexibility index (Phi) is 7.13. The molecule has 1 aromatic heterocycles. The Morgan fingerprint density at radius 1 is 1.16 bits per heavy atom. The number of aromatic nitrogens is 3. The number of hydrogen-bond acceptors (Lipinski definition) is 7. The van der Waals surface area contributed by atoms with Gasteiger partial charge in [-0.3, -0.25) is 14.2 Å². The van der Waals surface area contributed by atoms with Crippen LogP contribution in [0, 0.1) is 0 Å². The SMILES string of the molecule is COC[C@H](O)Cn1c(=O)cnn(-c2ccc(Cl)c(C(=O)[C@@H](O)c3ccccc3)c2)c1=O. The van der Waals surface area contributed by atoms with Gasteiger partial charge in [-0.2, -0.15) is 9.78 Å². The summed E-state index contributed by atoms with van der Waals surface area (Å²) in [7, 11) is 1.38. The van der Waals surface area contributed by atoms with Crippen molar-refractivity contribution in [1.82, 2.24) is 14.3 Å². The third-order valence-electron chi connectivity index (χ3n) is 4.54. The lowest BCUT2D eigenvalue weighted by Gasteiger charge is -2.14. The molecular formula is C21H20ClN3O6. The zero-order valence-corrected chi connectivity index (χ0v) is 17.3. The molecule has 0 spiro atoms. The normalized spacial score (nSPS) is 13.0. The van der Waals surface area contributed by atoms with E-state index >= 15 is 0 Å². The van der Waals surface area contributed by atoms with Gasteiger partial charge in [0.1, 0.15) is 12.3 Å². The van der Waals surface area contributed by atoms with Gasteiger partial charge in [-0.1, -0.05) is 41.9 Å². The van der Waals surface area contributed by atoms with Gasteiger partial charge in [0, 0.05) is 12.7 Å². The average Bonchev–Trinajstić information content (AvgIpc) is 2.77. The quantitative estimate of drug-likeness (QED) is 0.495. The number of hydrogen-bond donors (Lipinski definition) is 2. The number of ketones is 1. The molecule has 0 aliphatic rings. The summed E-state index contributed by atoms with van der Waals surface area (Å²) >= 11 is 6.17. The summed E-state index contributed by atoms with van der Waals surface area (Å²) in [5.74, 6) is -0.657. The predicted octanol–water partition coefficient (Wildman–Crippen LogP) is 0.971. The van der Waals surface area contributed by atoms with Gasteiger partial charge < -0.3 is 14.9 Å². The minimum Gasteiger partial charge on any atom is -0.389 e. The molecule has 2 aromatic carbocycles. The molecule has 2 atom stereocenters. The van der Waals surface area contributed by atoms with E-state index in [0.29, 0.717) is 5.56 Å². The minimum absolute atomic E-state index is 0.0126. The van der Waals surface area contributed by atoms with E-state index in [1.165, 1.54) is 25.3 Å². The van der Waals surface area contributed by atoms with Gasteiger partial charge in [0.2, 0.25) is 0 Å². The van der Waals surface area contributed by atoms with E-state index < -0.39 is 29.2 Å². The highest BCUT2D eigenvalue weighted by Gasteiger charge is 2.22. The summed E-state index contributed by atoms with van der Waals surface area (Å²) in [6, 6.07) is 12.5. The predicted molar refractivity (Wildman–Crippen MR) is 113 cm³/mol. The van der Waals surface area contributed by atoms with Gasteiger partial charge >= 0.3 is 5.69 Å². The van der Waals surface area contributed by atoms with Crippen LogP contribution in [-0.4, -0.2) is 50.2 Å². The van der Waals surface area contributed by atoms with Crippen LogP contribution in [0.3, 0.4) is 0 Å². The molecule has 0 aliphatic heterocycles. The van der Waals surface area contributed by atoms with Crippen LogP contribution in [0.25, 0.3) is 5.69 Å². The highest BCUT2D eigenvalue weighted by atomic mass is 35.5. The van der Waals surface area contributed by atoms with E-state index in [9.17, 15) is 24.6 Å². The molecule has 0 bridgehead atoms. The number of aliphatic hydroxyl groups is 2. The molecular weight excluding hydrogens is 426 g/mol. The number of carbonyl (C=O) groups is 1. The second-order valence-electron chi connectivity index (χ2n) is 6.74. The molecule has 0 saturated carbocycles. The van der Waals surface area contributed by atoms with Crippen molar-refractivity contribution < 1.29 is 19.7 Å². The molecule has 3 aromatic rings. The summed E-state index contributed by atoms with van der Waals surface area (Å²) in [5, 5.41) is 24.2.